The minimum Gasteiger partial charge on any atom is -0.497 e. The molecule has 6 nitrogen and oxygen atoms in total. The molecular weight excluding hydrogens is 294 g/mol. The number of carboxylic acid groups (broad SMARTS) is 1. The minimum absolute atomic E-state index is 0.0690. The Morgan fingerprint density at radius 2 is 1.95 bits per heavy atom. The number of ether oxygens (including phenoxy) is 1. The zero-order valence-electron chi connectivity index (χ0n) is 11.6. The lowest BCUT2D eigenvalue weighted by Crippen LogP contribution is -2.48. The molecule has 0 unspecified atom stereocenters. The lowest BCUT2D eigenvalue weighted by atomic mass is 10.0. The molecule has 1 aromatic carbocycles. The lowest BCUT2D eigenvalue weighted by Gasteiger charge is -2.31. The van der Waals surface area contributed by atoms with E-state index in [1.807, 2.05) is 0 Å². The van der Waals surface area contributed by atoms with Gasteiger partial charge in [0.1, 0.15) is 11.8 Å². The maximum Gasteiger partial charge on any atom is 0.322 e. The van der Waals surface area contributed by atoms with E-state index in [9.17, 15) is 18.3 Å². The molecule has 1 saturated heterocycles. The summed E-state index contributed by atoms with van der Waals surface area (Å²) in [6.45, 7) is 0. The monoisotopic (exact) mass is 311 g/mol. The van der Waals surface area contributed by atoms with E-state index in [1.54, 1.807) is 12.1 Å². The number of hydrogen-bond donors (Lipinski definition) is 1. The molecule has 2 bridgehead atoms. The van der Waals surface area contributed by atoms with Crippen molar-refractivity contribution >= 4 is 16.0 Å². The van der Waals surface area contributed by atoms with Crippen LogP contribution >= 0.6 is 0 Å². The van der Waals surface area contributed by atoms with Gasteiger partial charge in [0.05, 0.1) is 12.0 Å². The van der Waals surface area contributed by atoms with Crippen LogP contribution in [0.3, 0.4) is 0 Å². The summed E-state index contributed by atoms with van der Waals surface area (Å²) in [5.41, 5.74) is 0. The van der Waals surface area contributed by atoms with Crippen LogP contribution < -0.4 is 4.74 Å². The fraction of sp³-hybridized carbons (Fsp3) is 0.500. The molecule has 1 heterocycles. The summed E-state index contributed by atoms with van der Waals surface area (Å²) >= 11 is 0. The van der Waals surface area contributed by atoms with Crippen LogP contribution in [0.2, 0.25) is 0 Å². The highest BCUT2D eigenvalue weighted by Gasteiger charge is 2.54. The van der Waals surface area contributed by atoms with Crippen LogP contribution in [0.25, 0.3) is 0 Å². The molecule has 2 aliphatic rings. The maximum atomic E-state index is 12.8. The van der Waals surface area contributed by atoms with Crippen molar-refractivity contribution in [1.29, 1.82) is 0 Å². The number of aliphatic carboxylic acids is 1. The number of piperidine rings is 1. The second-order valence-electron chi connectivity index (χ2n) is 5.52. The molecule has 0 spiro atoms. The maximum absolute atomic E-state index is 12.8. The number of benzene rings is 1. The molecule has 3 atom stereocenters. The molecule has 1 aliphatic heterocycles. The Morgan fingerprint density at radius 1 is 1.29 bits per heavy atom. The van der Waals surface area contributed by atoms with Crippen LogP contribution in [0.15, 0.2) is 29.2 Å². The Balaban J connectivity index is 1.98. The largest absolute Gasteiger partial charge is 0.497 e. The van der Waals surface area contributed by atoms with Crippen molar-refractivity contribution in [2.24, 2.45) is 5.92 Å². The zero-order chi connectivity index (χ0) is 15.2. The van der Waals surface area contributed by atoms with Gasteiger partial charge in [0.25, 0.3) is 0 Å². The van der Waals surface area contributed by atoms with Crippen molar-refractivity contribution in [1.82, 2.24) is 4.31 Å². The van der Waals surface area contributed by atoms with Crippen LogP contribution in [-0.4, -0.2) is 43.0 Å². The molecule has 2 fully saturated rings. The fourth-order valence-corrected chi connectivity index (χ4v) is 5.34. The van der Waals surface area contributed by atoms with E-state index in [1.165, 1.54) is 23.5 Å². The first-order valence-corrected chi connectivity index (χ1v) is 8.29. The summed E-state index contributed by atoms with van der Waals surface area (Å²) in [5.74, 6) is -0.563. The number of fused-ring (bicyclic) bond motifs is 2. The number of carboxylic acids is 1. The third-order valence-corrected chi connectivity index (χ3v) is 6.36. The molecule has 1 aromatic rings. The molecule has 1 aliphatic carbocycles. The van der Waals surface area contributed by atoms with Crippen LogP contribution in [0, 0.1) is 5.92 Å². The molecule has 0 radical (unpaired) electrons. The van der Waals surface area contributed by atoms with Crippen LogP contribution in [0.5, 0.6) is 5.75 Å². The van der Waals surface area contributed by atoms with Crippen molar-refractivity contribution < 1.29 is 23.1 Å². The number of methoxy groups -OCH3 is 1. The van der Waals surface area contributed by atoms with E-state index in [0.717, 1.165) is 12.8 Å². The van der Waals surface area contributed by atoms with Gasteiger partial charge in [-0.25, -0.2) is 8.42 Å². The third-order valence-electron chi connectivity index (χ3n) is 4.41. The van der Waals surface area contributed by atoms with Crippen LogP contribution in [0.1, 0.15) is 19.3 Å². The van der Waals surface area contributed by atoms with E-state index in [0.29, 0.717) is 12.2 Å². The fourth-order valence-electron chi connectivity index (χ4n) is 3.47. The minimum atomic E-state index is -3.79. The highest BCUT2D eigenvalue weighted by molar-refractivity contribution is 7.89. The molecule has 7 heteroatoms. The lowest BCUT2D eigenvalue weighted by molar-refractivity contribution is -0.142. The number of nitrogens with zero attached hydrogens (tertiary/aromatic N) is 1. The van der Waals surface area contributed by atoms with Gasteiger partial charge in [-0.2, -0.15) is 4.31 Å². The summed E-state index contributed by atoms with van der Waals surface area (Å²) in [6, 6.07) is 4.92. The highest BCUT2D eigenvalue weighted by atomic mass is 32.2. The van der Waals surface area contributed by atoms with Crippen molar-refractivity contribution in [2.75, 3.05) is 7.11 Å². The normalized spacial score (nSPS) is 28.7. The van der Waals surface area contributed by atoms with Gasteiger partial charge in [0.2, 0.25) is 10.0 Å². The van der Waals surface area contributed by atoms with Gasteiger partial charge in [0, 0.05) is 6.04 Å². The standard InChI is InChI=1S/C14H17NO5S/c1-20-11-4-6-12(7-5-11)21(18,19)15-10-3-2-9(8-10)13(15)14(16)17/h4-7,9-10,13H,2-3,8H2,1H3,(H,16,17)/t9-,10+,13-/m1/s1. The first-order chi connectivity index (χ1) is 9.95. The van der Waals surface area contributed by atoms with Gasteiger partial charge in [-0.05, 0) is 49.4 Å². The smallest absolute Gasteiger partial charge is 0.322 e. The van der Waals surface area contributed by atoms with E-state index >= 15 is 0 Å². The van der Waals surface area contributed by atoms with E-state index in [-0.39, 0.29) is 16.9 Å². The van der Waals surface area contributed by atoms with Gasteiger partial charge in [-0.15, -0.1) is 0 Å². The molecule has 114 valence electrons. The third kappa shape index (κ3) is 2.20. The summed E-state index contributed by atoms with van der Waals surface area (Å²) in [4.78, 5) is 11.6. The van der Waals surface area contributed by atoms with E-state index < -0.39 is 22.0 Å². The molecule has 0 amide bonds. The number of sulfonamides is 1. The zero-order valence-corrected chi connectivity index (χ0v) is 12.4. The van der Waals surface area contributed by atoms with Crippen molar-refractivity contribution in [3.05, 3.63) is 24.3 Å². The topological polar surface area (TPSA) is 83.9 Å². The van der Waals surface area contributed by atoms with Crippen molar-refractivity contribution in [2.45, 2.75) is 36.2 Å². The van der Waals surface area contributed by atoms with Crippen molar-refractivity contribution in [3.63, 3.8) is 0 Å². The van der Waals surface area contributed by atoms with Crippen molar-refractivity contribution in [3.8, 4) is 5.75 Å². The Bertz CT molecular complexity index is 654. The predicted molar refractivity (Wildman–Crippen MR) is 74.6 cm³/mol. The van der Waals surface area contributed by atoms with E-state index in [4.69, 9.17) is 4.74 Å². The predicted octanol–water partition coefficient (Wildman–Crippen LogP) is 1.32. The van der Waals surface area contributed by atoms with Crippen LogP contribution in [0.4, 0.5) is 0 Å². The van der Waals surface area contributed by atoms with Gasteiger partial charge < -0.3 is 9.84 Å². The first-order valence-electron chi connectivity index (χ1n) is 6.85. The average molecular weight is 311 g/mol. The summed E-state index contributed by atoms with van der Waals surface area (Å²) < 4.78 is 31.7. The second-order valence-corrected chi connectivity index (χ2v) is 7.36. The van der Waals surface area contributed by atoms with Gasteiger partial charge in [-0.1, -0.05) is 0 Å². The van der Waals surface area contributed by atoms with Crippen LogP contribution in [-0.2, 0) is 14.8 Å². The van der Waals surface area contributed by atoms with Gasteiger partial charge in [-0.3, -0.25) is 4.79 Å². The Labute approximate surface area is 123 Å². The number of rotatable bonds is 4. The Morgan fingerprint density at radius 3 is 2.52 bits per heavy atom. The quantitative estimate of drug-likeness (QED) is 0.906. The molecule has 1 N–H and O–H groups in total. The summed E-state index contributed by atoms with van der Waals surface area (Å²) in [6.07, 6.45) is 2.17. The summed E-state index contributed by atoms with van der Waals surface area (Å²) in [7, 11) is -2.29. The molecule has 0 aromatic heterocycles. The second kappa shape index (κ2) is 4.99. The van der Waals surface area contributed by atoms with Gasteiger partial charge in [0.15, 0.2) is 0 Å². The SMILES string of the molecule is COc1ccc(S(=O)(=O)N2[C@H]3CC[C@H](C3)[C@@H]2C(=O)O)cc1. The molecular formula is C14H17NO5S. The van der Waals surface area contributed by atoms with Gasteiger partial charge >= 0.3 is 5.97 Å². The molecule has 1 saturated carbocycles. The summed E-state index contributed by atoms with van der Waals surface area (Å²) in [5, 5.41) is 9.37. The molecule has 3 rings (SSSR count). The average Bonchev–Trinajstić information content (AvgIpc) is 3.08. The highest BCUT2D eigenvalue weighted by Crippen LogP contribution is 2.45. The van der Waals surface area contributed by atoms with E-state index in [2.05, 4.69) is 0 Å². The Hall–Kier alpha value is -1.60. The first kappa shape index (κ1) is 14.3. The number of carbonyl (C=O) groups is 1. The number of hydrogen-bond acceptors (Lipinski definition) is 4. The molecule has 21 heavy (non-hydrogen) atoms. The Kier molecular flexibility index (Phi) is 3.41.